The third-order valence-corrected chi connectivity index (χ3v) is 4.34. The summed E-state index contributed by atoms with van der Waals surface area (Å²) in [4.78, 5) is 10.1. The Bertz CT molecular complexity index is 498. The number of pyridine rings is 1. The molecule has 17 heavy (non-hydrogen) atoms. The van der Waals surface area contributed by atoms with E-state index in [1.165, 1.54) is 4.88 Å². The molecule has 0 radical (unpaired) electrons. The molecule has 2 rings (SSSR count). The van der Waals surface area contributed by atoms with Crippen LogP contribution in [0.15, 0.2) is 24.5 Å². The summed E-state index contributed by atoms with van der Waals surface area (Å²) in [5, 5.41) is 1.03. The van der Waals surface area contributed by atoms with Crippen molar-refractivity contribution in [3.05, 3.63) is 35.1 Å². The molecule has 2 aromatic heterocycles. The van der Waals surface area contributed by atoms with Gasteiger partial charge >= 0.3 is 0 Å². The van der Waals surface area contributed by atoms with Crippen LogP contribution < -0.4 is 0 Å². The average molecular weight is 264 g/mol. The van der Waals surface area contributed by atoms with E-state index < -0.39 is 0 Å². The van der Waals surface area contributed by atoms with E-state index in [9.17, 15) is 0 Å². The van der Waals surface area contributed by atoms with Crippen LogP contribution in [-0.4, -0.2) is 9.97 Å². The van der Waals surface area contributed by atoms with E-state index in [-0.39, 0.29) is 4.75 Å². The van der Waals surface area contributed by atoms with Crippen LogP contribution in [-0.2, 0) is 11.2 Å². The molecule has 2 heterocycles. The van der Waals surface area contributed by atoms with E-state index >= 15 is 0 Å². The van der Waals surface area contributed by atoms with Crippen molar-refractivity contribution in [2.75, 3.05) is 0 Å². The molecular formula is C13H16N2S2. The second-order valence-electron chi connectivity index (χ2n) is 4.45. The highest BCUT2D eigenvalue weighted by molar-refractivity contribution is 7.81. The van der Waals surface area contributed by atoms with Gasteiger partial charge in [-0.25, -0.2) is 4.98 Å². The molecule has 2 nitrogen and oxygen atoms in total. The van der Waals surface area contributed by atoms with Crippen LogP contribution in [0.25, 0.3) is 10.6 Å². The first kappa shape index (κ1) is 12.6. The van der Waals surface area contributed by atoms with Crippen molar-refractivity contribution in [3.63, 3.8) is 0 Å². The summed E-state index contributed by atoms with van der Waals surface area (Å²) in [6.07, 6.45) is 4.57. The highest BCUT2D eigenvalue weighted by Gasteiger charge is 2.23. The maximum absolute atomic E-state index is 4.70. The Kier molecular flexibility index (Phi) is 3.54. The lowest BCUT2D eigenvalue weighted by molar-refractivity contribution is 0.789. The standard InChI is InChI=1S/C13H16N2S2/c1-4-10-11(13(2,3)16)17-12(15-10)9-6-5-7-14-8-9/h5-8,16H,4H2,1-3H3. The van der Waals surface area contributed by atoms with Gasteiger partial charge in [-0.2, -0.15) is 12.6 Å². The summed E-state index contributed by atoms with van der Waals surface area (Å²) < 4.78 is -0.135. The van der Waals surface area contributed by atoms with Gasteiger partial charge in [0, 0.05) is 27.6 Å². The van der Waals surface area contributed by atoms with Gasteiger partial charge < -0.3 is 0 Å². The highest BCUT2D eigenvalue weighted by Crippen LogP contribution is 2.38. The number of nitrogens with zero attached hydrogens (tertiary/aromatic N) is 2. The number of thiol groups is 1. The van der Waals surface area contributed by atoms with Crippen molar-refractivity contribution in [3.8, 4) is 10.6 Å². The van der Waals surface area contributed by atoms with Gasteiger partial charge in [0.25, 0.3) is 0 Å². The fourth-order valence-electron chi connectivity index (χ4n) is 1.68. The molecule has 0 saturated heterocycles. The van der Waals surface area contributed by atoms with Crippen LogP contribution in [0.5, 0.6) is 0 Å². The fourth-order valence-corrected chi connectivity index (χ4v) is 3.09. The molecule has 4 heteroatoms. The molecule has 2 aromatic rings. The molecule has 0 aliphatic heterocycles. The summed E-state index contributed by atoms with van der Waals surface area (Å²) in [5.41, 5.74) is 2.23. The zero-order chi connectivity index (χ0) is 12.5. The molecule has 0 bridgehead atoms. The Hall–Kier alpha value is -0.870. The Morgan fingerprint density at radius 2 is 2.18 bits per heavy atom. The molecule has 0 saturated carbocycles. The first-order chi connectivity index (χ1) is 8.02. The number of thiazole rings is 1. The highest BCUT2D eigenvalue weighted by atomic mass is 32.1. The maximum Gasteiger partial charge on any atom is 0.125 e. The number of hydrogen-bond donors (Lipinski definition) is 1. The minimum atomic E-state index is -0.135. The number of rotatable bonds is 3. The van der Waals surface area contributed by atoms with Gasteiger partial charge in [0.2, 0.25) is 0 Å². The predicted octanol–water partition coefficient (Wildman–Crippen LogP) is 3.93. The molecule has 0 spiro atoms. The molecule has 0 atom stereocenters. The number of aryl methyl sites for hydroxylation is 1. The van der Waals surface area contributed by atoms with Crippen molar-refractivity contribution in [1.29, 1.82) is 0 Å². The lowest BCUT2D eigenvalue weighted by Crippen LogP contribution is -2.07. The zero-order valence-corrected chi connectivity index (χ0v) is 12.0. The van der Waals surface area contributed by atoms with Crippen LogP contribution in [0.2, 0.25) is 0 Å². The monoisotopic (exact) mass is 264 g/mol. The summed E-state index contributed by atoms with van der Waals surface area (Å²) >= 11 is 6.37. The van der Waals surface area contributed by atoms with Gasteiger partial charge in [-0.15, -0.1) is 11.3 Å². The van der Waals surface area contributed by atoms with Crippen LogP contribution in [0, 0.1) is 0 Å². The number of aromatic nitrogens is 2. The predicted molar refractivity (Wildman–Crippen MR) is 76.7 cm³/mol. The largest absolute Gasteiger partial charge is 0.264 e. The quantitative estimate of drug-likeness (QED) is 0.850. The van der Waals surface area contributed by atoms with Gasteiger partial charge in [-0.1, -0.05) is 6.92 Å². The third kappa shape index (κ3) is 2.69. The zero-order valence-electron chi connectivity index (χ0n) is 10.3. The molecule has 0 N–H and O–H groups in total. The number of hydrogen-bond acceptors (Lipinski definition) is 4. The molecule has 90 valence electrons. The van der Waals surface area contributed by atoms with E-state index in [1.807, 2.05) is 18.3 Å². The Morgan fingerprint density at radius 3 is 2.65 bits per heavy atom. The smallest absolute Gasteiger partial charge is 0.125 e. The average Bonchev–Trinajstić information content (AvgIpc) is 2.74. The Morgan fingerprint density at radius 1 is 1.41 bits per heavy atom. The second-order valence-corrected chi connectivity index (χ2v) is 6.57. The topological polar surface area (TPSA) is 25.8 Å². The van der Waals surface area contributed by atoms with Crippen LogP contribution in [0.3, 0.4) is 0 Å². The Balaban J connectivity index is 2.49. The minimum absolute atomic E-state index is 0.135. The van der Waals surface area contributed by atoms with E-state index in [2.05, 4.69) is 38.4 Å². The summed E-state index contributed by atoms with van der Waals surface area (Å²) in [6.45, 7) is 6.34. The molecule has 0 aliphatic rings. The van der Waals surface area contributed by atoms with Gasteiger partial charge in [0.1, 0.15) is 5.01 Å². The van der Waals surface area contributed by atoms with Crippen molar-refractivity contribution in [2.24, 2.45) is 0 Å². The second kappa shape index (κ2) is 4.78. The summed E-state index contributed by atoms with van der Waals surface area (Å²) in [5.74, 6) is 0. The lowest BCUT2D eigenvalue weighted by atomic mass is 10.1. The van der Waals surface area contributed by atoms with Crippen molar-refractivity contribution < 1.29 is 0 Å². The van der Waals surface area contributed by atoms with E-state index in [4.69, 9.17) is 4.98 Å². The van der Waals surface area contributed by atoms with Crippen molar-refractivity contribution in [1.82, 2.24) is 9.97 Å². The van der Waals surface area contributed by atoms with Crippen molar-refractivity contribution >= 4 is 24.0 Å². The molecule has 0 amide bonds. The third-order valence-electron chi connectivity index (χ3n) is 2.50. The first-order valence-corrected chi connectivity index (χ1v) is 6.91. The van der Waals surface area contributed by atoms with E-state index in [1.54, 1.807) is 17.5 Å². The molecule has 0 aromatic carbocycles. The van der Waals surface area contributed by atoms with Gasteiger partial charge in [-0.3, -0.25) is 4.98 Å². The molecular weight excluding hydrogens is 248 g/mol. The van der Waals surface area contributed by atoms with Crippen LogP contribution in [0.4, 0.5) is 0 Å². The lowest BCUT2D eigenvalue weighted by Gasteiger charge is -2.16. The fraction of sp³-hybridized carbons (Fsp3) is 0.385. The molecule has 0 fully saturated rings. The normalized spacial score (nSPS) is 11.8. The van der Waals surface area contributed by atoms with Gasteiger partial charge in [-0.05, 0) is 32.4 Å². The Labute approximate surface area is 112 Å². The van der Waals surface area contributed by atoms with Crippen LogP contribution in [0.1, 0.15) is 31.3 Å². The van der Waals surface area contributed by atoms with E-state index in [0.717, 1.165) is 22.7 Å². The van der Waals surface area contributed by atoms with Gasteiger partial charge in [0.15, 0.2) is 0 Å². The summed E-state index contributed by atoms with van der Waals surface area (Å²) in [7, 11) is 0. The molecule has 0 unspecified atom stereocenters. The van der Waals surface area contributed by atoms with E-state index in [0.29, 0.717) is 0 Å². The minimum Gasteiger partial charge on any atom is -0.264 e. The SMILES string of the molecule is CCc1nc(-c2cccnc2)sc1C(C)(C)S. The maximum atomic E-state index is 4.70. The first-order valence-electron chi connectivity index (χ1n) is 5.65. The van der Waals surface area contributed by atoms with Gasteiger partial charge in [0.05, 0.1) is 5.69 Å². The van der Waals surface area contributed by atoms with Crippen LogP contribution >= 0.6 is 24.0 Å². The van der Waals surface area contributed by atoms with Crippen molar-refractivity contribution in [2.45, 2.75) is 31.9 Å². The molecule has 0 aliphatic carbocycles. The summed E-state index contributed by atoms with van der Waals surface area (Å²) in [6, 6.07) is 3.98.